The fourth-order valence-corrected chi connectivity index (χ4v) is 7.47. The SMILES string of the molecule is COSc1cccc(NC(=O)[C@H]2[C@@H]3CC[C@@H](C3)[C@H]2NC(=O)c2cc(OC3CCC(C)CC3)c(Br)cc2OC)c1. The van der Waals surface area contributed by atoms with Gasteiger partial charge in [0.2, 0.25) is 5.91 Å². The molecular formula is C30H37BrN2O5S. The summed E-state index contributed by atoms with van der Waals surface area (Å²) in [7, 11) is 3.18. The van der Waals surface area contributed by atoms with Crippen molar-refractivity contribution in [1.82, 2.24) is 5.32 Å². The summed E-state index contributed by atoms with van der Waals surface area (Å²) in [5, 5.41) is 6.32. The van der Waals surface area contributed by atoms with Gasteiger partial charge in [0.25, 0.3) is 5.91 Å². The van der Waals surface area contributed by atoms with Crippen LogP contribution in [0.1, 0.15) is 62.2 Å². The fraction of sp³-hybridized carbons (Fsp3) is 0.533. The molecule has 210 valence electrons. The summed E-state index contributed by atoms with van der Waals surface area (Å²) < 4.78 is 17.8. The lowest BCUT2D eigenvalue weighted by molar-refractivity contribution is -0.122. The van der Waals surface area contributed by atoms with Crippen LogP contribution in [0.5, 0.6) is 11.5 Å². The molecule has 3 saturated carbocycles. The Bertz CT molecular complexity index is 1200. The third kappa shape index (κ3) is 6.41. The van der Waals surface area contributed by atoms with Crippen molar-refractivity contribution in [2.24, 2.45) is 23.7 Å². The number of ether oxygens (including phenoxy) is 2. The van der Waals surface area contributed by atoms with E-state index in [0.29, 0.717) is 17.1 Å². The summed E-state index contributed by atoms with van der Waals surface area (Å²) in [4.78, 5) is 28.1. The number of carbonyl (C=O) groups is 2. The van der Waals surface area contributed by atoms with Crippen LogP contribution in [0.25, 0.3) is 0 Å². The highest BCUT2D eigenvalue weighted by Crippen LogP contribution is 2.49. The lowest BCUT2D eigenvalue weighted by Crippen LogP contribution is -2.48. The molecule has 2 aromatic carbocycles. The van der Waals surface area contributed by atoms with Gasteiger partial charge >= 0.3 is 0 Å². The number of halogens is 1. The van der Waals surface area contributed by atoms with Crippen LogP contribution in [-0.2, 0) is 8.98 Å². The highest BCUT2D eigenvalue weighted by molar-refractivity contribution is 9.10. The van der Waals surface area contributed by atoms with E-state index in [1.807, 2.05) is 24.3 Å². The van der Waals surface area contributed by atoms with Gasteiger partial charge in [0.1, 0.15) is 11.5 Å². The highest BCUT2D eigenvalue weighted by atomic mass is 79.9. The molecule has 0 spiro atoms. The van der Waals surface area contributed by atoms with E-state index in [-0.39, 0.29) is 41.7 Å². The molecule has 39 heavy (non-hydrogen) atoms. The first-order valence-corrected chi connectivity index (χ1v) is 15.4. The van der Waals surface area contributed by atoms with Crippen LogP contribution in [0.15, 0.2) is 45.8 Å². The second-order valence-corrected chi connectivity index (χ2v) is 12.9. The lowest BCUT2D eigenvalue weighted by atomic mass is 9.83. The van der Waals surface area contributed by atoms with Gasteiger partial charge in [-0.15, -0.1) is 0 Å². The van der Waals surface area contributed by atoms with E-state index in [4.69, 9.17) is 13.7 Å². The summed E-state index contributed by atoms with van der Waals surface area (Å²) in [6, 6.07) is 10.9. The lowest BCUT2D eigenvalue weighted by Gasteiger charge is -2.31. The molecule has 2 amide bonds. The van der Waals surface area contributed by atoms with E-state index in [1.165, 1.54) is 12.0 Å². The summed E-state index contributed by atoms with van der Waals surface area (Å²) in [5.41, 5.74) is 1.15. The molecule has 0 radical (unpaired) electrons. The normalized spacial score (nSPS) is 27.7. The maximum atomic E-state index is 13.7. The molecule has 2 N–H and O–H groups in total. The van der Waals surface area contributed by atoms with Gasteiger partial charge in [-0.25, -0.2) is 0 Å². The summed E-state index contributed by atoms with van der Waals surface area (Å²) in [6.07, 6.45) is 7.44. The number of fused-ring (bicyclic) bond motifs is 2. The third-order valence-electron chi connectivity index (χ3n) is 8.55. The van der Waals surface area contributed by atoms with Gasteiger partial charge in [0.15, 0.2) is 0 Å². The monoisotopic (exact) mass is 616 g/mol. The Morgan fingerprint density at radius 3 is 2.49 bits per heavy atom. The van der Waals surface area contributed by atoms with Gasteiger partial charge in [0, 0.05) is 28.7 Å². The molecule has 4 atom stereocenters. The maximum Gasteiger partial charge on any atom is 0.255 e. The maximum absolute atomic E-state index is 13.7. The predicted molar refractivity (Wildman–Crippen MR) is 156 cm³/mol. The standard InChI is InChI=1S/C30H37BrN2O5S/c1-17-7-11-21(12-8-17)38-26-15-23(25(36-2)16-24(26)31)29(34)33-28-19-10-9-18(13-19)27(28)30(35)32-20-5-4-6-22(14-20)39-37-3/h4-6,14-19,21,27-28H,7-13H2,1-3H3,(H,32,35)(H,33,34)/t17?,18-,19+,21?,27+,28-/m1/s1. The van der Waals surface area contributed by atoms with Crippen LogP contribution < -0.4 is 20.1 Å². The van der Waals surface area contributed by atoms with E-state index in [9.17, 15) is 9.59 Å². The van der Waals surface area contributed by atoms with Gasteiger partial charge in [-0.3, -0.25) is 9.59 Å². The quantitative estimate of drug-likeness (QED) is 0.300. The summed E-state index contributed by atoms with van der Waals surface area (Å²) in [6.45, 7) is 2.28. The Hall–Kier alpha value is -2.23. The Balaban J connectivity index is 1.32. The van der Waals surface area contributed by atoms with Crippen LogP contribution >= 0.6 is 28.0 Å². The van der Waals surface area contributed by atoms with Crippen molar-refractivity contribution in [3.8, 4) is 11.5 Å². The number of carbonyl (C=O) groups excluding carboxylic acids is 2. The van der Waals surface area contributed by atoms with E-state index < -0.39 is 0 Å². The van der Waals surface area contributed by atoms with Gasteiger partial charge in [0.05, 0.1) is 36.3 Å². The molecule has 2 aromatic rings. The average Bonchev–Trinajstić information content (AvgIpc) is 3.53. The van der Waals surface area contributed by atoms with E-state index >= 15 is 0 Å². The number of nitrogens with one attached hydrogen (secondary N) is 2. The molecule has 3 aliphatic rings. The zero-order valence-corrected chi connectivity index (χ0v) is 25.1. The molecule has 7 nitrogen and oxygen atoms in total. The fourth-order valence-electron chi connectivity index (χ4n) is 6.55. The highest BCUT2D eigenvalue weighted by Gasteiger charge is 2.51. The second-order valence-electron chi connectivity index (χ2n) is 11.1. The molecule has 0 unspecified atom stereocenters. The summed E-state index contributed by atoms with van der Waals surface area (Å²) >= 11 is 4.85. The van der Waals surface area contributed by atoms with Crippen molar-refractivity contribution in [1.29, 1.82) is 0 Å². The molecule has 3 fully saturated rings. The second kappa shape index (κ2) is 12.5. The van der Waals surface area contributed by atoms with Crippen molar-refractivity contribution in [2.75, 3.05) is 19.5 Å². The first kappa shape index (κ1) is 28.3. The molecule has 0 heterocycles. The van der Waals surface area contributed by atoms with Crippen LogP contribution in [0.3, 0.4) is 0 Å². The number of benzene rings is 2. The van der Waals surface area contributed by atoms with Gasteiger partial charge < -0.3 is 24.3 Å². The number of hydrogen-bond donors (Lipinski definition) is 2. The average molecular weight is 618 g/mol. The zero-order valence-electron chi connectivity index (χ0n) is 22.7. The van der Waals surface area contributed by atoms with Crippen LogP contribution in [0.2, 0.25) is 0 Å². The topological polar surface area (TPSA) is 85.9 Å². The number of rotatable bonds is 9. The molecule has 2 bridgehead atoms. The van der Waals surface area contributed by atoms with E-state index in [2.05, 4.69) is 33.5 Å². The zero-order chi connectivity index (χ0) is 27.5. The number of anilines is 1. The molecule has 3 aliphatic carbocycles. The molecule has 0 aliphatic heterocycles. The minimum atomic E-state index is -0.284. The van der Waals surface area contributed by atoms with Crippen LogP contribution in [-0.4, -0.2) is 38.2 Å². The van der Waals surface area contributed by atoms with Gasteiger partial charge in [-0.1, -0.05) is 13.0 Å². The van der Waals surface area contributed by atoms with Crippen molar-refractivity contribution in [3.63, 3.8) is 0 Å². The summed E-state index contributed by atoms with van der Waals surface area (Å²) in [5.74, 6) is 1.82. The smallest absolute Gasteiger partial charge is 0.255 e. The van der Waals surface area contributed by atoms with Crippen LogP contribution in [0.4, 0.5) is 5.69 Å². The number of hydrogen-bond acceptors (Lipinski definition) is 6. The van der Waals surface area contributed by atoms with E-state index in [1.54, 1.807) is 26.4 Å². The third-order valence-corrected chi connectivity index (χ3v) is 9.79. The first-order valence-electron chi connectivity index (χ1n) is 13.8. The first-order chi connectivity index (χ1) is 18.9. The molecule has 0 aromatic heterocycles. The predicted octanol–water partition coefficient (Wildman–Crippen LogP) is 6.85. The Kier molecular flexibility index (Phi) is 9.09. The van der Waals surface area contributed by atoms with Gasteiger partial charge in [-0.05, 0) is 109 Å². The molecule has 5 rings (SSSR count). The van der Waals surface area contributed by atoms with E-state index in [0.717, 1.165) is 65.9 Å². The van der Waals surface area contributed by atoms with Crippen molar-refractivity contribution >= 4 is 45.5 Å². The van der Waals surface area contributed by atoms with Gasteiger partial charge in [-0.2, -0.15) is 0 Å². The Morgan fingerprint density at radius 1 is 0.974 bits per heavy atom. The Morgan fingerprint density at radius 2 is 1.74 bits per heavy atom. The molecule has 0 saturated heterocycles. The number of methoxy groups -OCH3 is 1. The molecule has 9 heteroatoms. The number of amides is 2. The largest absolute Gasteiger partial charge is 0.496 e. The minimum Gasteiger partial charge on any atom is -0.496 e. The Labute approximate surface area is 243 Å². The van der Waals surface area contributed by atoms with Crippen LogP contribution in [0, 0.1) is 23.7 Å². The minimum absolute atomic E-state index is 0.0506. The molecular weight excluding hydrogens is 580 g/mol. The van der Waals surface area contributed by atoms with Crippen molar-refractivity contribution in [3.05, 3.63) is 46.4 Å². The van der Waals surface area contributed by atoms with Crippen molar-refractivity contribution < 1.29 is 23.2 Å². The van der Waals surface area contributed by atoms with Crippen molar-refractivity contribution in [2.45, 2.75) is 68.9 Å².